The third-order valence-electron chi connectivity index (χ3n) is 5.31. The number of hydrogen-bond acceptors (Lipinski definition) is 4. The molecule has 4 rings (SSSR count). The van der Waals surface area contributed by atoms with E-state index in [1.165, 1.54) is 62.1 Å². The molecule has 24 heavy (non-hydrogen) atoms. The van der Waals surface area contributed by atoms with E-state index in [1.54, 1.807) is 22.2 Å². The van der Waals surface area contributed by atoms with E-state index in [4.69, 9.17) is 0 Å². The molecule has 1 aromatic rings. The predicted octanol–water partition coefficient (Wildman–Crippen LogP) is 3.82. The van der Waals surface area contributed by atoms with Gasteiger partial charge in [-0.15, -0.1) is 23.1 Å². The Kier molecular flexibility index (Phi) is 5.30. The Morgan fingerprint density at radius 1 is 1.12 bits per heavy atom. The van der Waals surface area contributed by atoms with E-state index in [-0.39, 0.29) is 5.91 Å². The number of hydrogen-bond donors (Lipinski definition) is 1. The molecule has 1 fully saturated rings. The molecule has 1 N–H and O–H groups in total. The minimum atomic E-state index is 0.124. The molecule has 1 aliphatic carbocycles. The Morgan fingerprint density at radius 3 is 2.83 bits per heavy atom. The fourth-order valence-electron chi connectivity index (χ4n) is 3.97. The minimum Gasteiger partial charge on any atom is -0.352 e. The standard InChI is InChI=1S/C19H26N2OS2/c22-19(20-8-5-11-21-9-3-4-10-21)18-12-17-15(13-23-18)14-6-1-2-7-16(14)24-17/h12H,1-11,13H2,(H,20,22). The topological polar surface area (TPSA) is 32.3 Å². The number of carbonyl (C=O) groups excluding carboxylic acids is 1. The summed E-state index contributed by atoms with van der Waals surface area (Å²) in [6, 6.07) is 0. The number of aryl methyl sites for hydroxylation is 1. The third kappa shape index (κ3) is 3.58. The smallest absolute Gasteiger partial charge is 0.257 e. The van der Waals surface area contributed by atoms with Crippen molar-refractivity contribution in [2.45, 2.75) is 50.7 Å². The van der Waals surface area contributed by atoms with E-state index >= 15 is 0 Å². The van der Waals surface area contributed by atoms with Gasteiger partial charge in [0.15, 0.2) is 0 Å². The van der Waals surface area contributed by atoms with E-state index < -0.39 is 0 Å². The molecule has 3 nitrogen and oxygen atoms in total. The Labute approximate surface area is 152 Å². The van der Waals surface area contributed by atoms with Crippen molar-refractivity contribution in [3.63, 3.8) is 0 Å². The number of likely N-dealkylation sites (tertiary alicyclic amines) is 1. The first-order chi connectivity index (χ1) is 11.8. The van der Waals surface area contributed by atoms with E-state index in [0.717, 1.165) is 30.2 Å². The second-order valence-corrected chi connectivity index (χ2v) is 9.16. The van der Waals surface area contributed by atoms with E-state index in [9.17, 15) is 4.79 Å². The van der Waals surface area contributed by atoms with Crippen LogP contribution in [0, 0.1) is 0 Å². The molecule has 1 saturated heterocycles. The van der Waals surface area contributed by atoms with Gasteiger partial charge in [0.2, 0.25) is 0 Å². The SMILES string of the molecule is O=C(NCCCN1CCCC1)C1=Cc2sc3c(c2CS1)CCCC3. The Bertz CT molecular complexity index is 644. The molecule has 0 unspecified atom stereocenters. The quantitative estimate of drug-likeness (QED) is 0.808. The first kappa shape index (κ1) is 16.7. The maximum Gasteiger partial charge on any atom is 0.257 e. The molecule has 3 aliphatic rings. The maximum absolute atomic E-state index is 12.4. The summed E-state index contributed by atoms with van der Waals surface area (Å²) in [6.07, 6.45) is 11.0. The fourth-order valence-corrected chi connectivity index (χ4v) is 6.52. The molecule has 0 saturated carbocycles. The minimum absolute atomic E-state index is 0.124. The van der Waals surface area contributed by atoms with Crippen molar-refractivity contribution < 1.29 is 4.79 Å². The average Bonchev–Trinajstić information content (AvgIpc) is 3.25. The van der Waals surface area contributed by atoms with Gasteiger partial charge in [-0.05, 0) is 81.8 Å². The lowest BCUT2D eigenvalue weighted by Crippen LogP contribution is -2.29. The summed E-state index contributed by atoms with van der Waals surface area (Å²) in [6.45, 7) is 4.39. The normalized spacial score (nSPS) is 20.4. The van der Waals surface area contributed by atoms with Crippen LogP contribution < -0.4 is 5.32 Å². The van der Waals surface area contributed by atoms with Gasteiger partial charge in [-0.1, -0.05) is 0 Å². The molecule has 0 aromatic carbocycles. The maximum atomic E-state index is 12.4. The highest BCUT2D eigenvalue weighted by Gasteiger charge is 2.24. The molecule has 130 valence electrons. The van der Waals surface area contributed by atoms with E-state index in [0.29, 0.717) is 0 Å². The molecule has 0 spiro atoms. The van der Waals surface area contributed by atoms with Crippen LogP contribution in [0.1, 0.15) is 53.0 Å². The first-order valence-electron chi connectivity index (χ1n) is 9.30. The highest BCUT2D eigenvalue weighted by Crippen LogP contribution is 2.42. The number of carbonyl (C=O) groups is 1. The zero-order chi connectivity index (χ0) is 16.4. The summed E-state index contributed by atoms with van der Waals surface area (Å²) >= 11 is 3.65. The van der Waals surface area contributed by atoms with Crippen molar-refractivity contribution in [1.82, 2.24) is 10.2 Å². The van der Waals surface area contributed by atoms with Gasteiger partial charge in [0, 0.05) is 22.1 Å². The molecule has 5 heteroatoms. The van der Waals surface area contributed by atoms with Gasteiger partial charge in [-0.2, -0.15) is 0 Å². The van der Waals surface area contributed by atoms with Crippen LogP contribution in [0.3, 0.4) is 0 Å². The van der Waals surface area contributed by atoms with Gasteiger partial charge in [0.05, 0.1) is 4.91 Å². The summed E-state index contributed by atoms with van der Waals surface area (Å²) in [5.74, 6) is 1.10. The van der Waals surface area contributed by atoms with Gasteiger partial charge in [-0.25, -0.2) is 0 Å². The van der Waals surface area contributed by atoms with Gasteiger partial charge >= 0.3 is 0 Å². The van der Waals surface area contributed by atoms with E-state index in [2.05, 4.69) is 16.3 Å². The number of amides is 1. The van der Waals surface area contributed by atoms with Crippen molar-refractivity contribution in [3.05, 3.63) is 25.8 Å². The predicted molar refractivity (Wildman–Crippen MR) is 104 cm³/mol. The Morgan fingerprint density at radius 2 is 1.96 bits per heavy atom. The molecule has 1 amide bonds. The van der Waals surface area contributed by atoms with Crippen molar-refractivity contribution in [2.24, 2.45) is 0 Å². The molecule has 0 atom stereocenters. The number of fused-ring (bicyclic) bond motifs is 3. The summed E-state index contributed by atoms with van der Waals surface area (Å²) in [5, 5.41) is 3.12. The molecular weight excluding hydrogens is 336 g/mol. The Balaban J connectivity index is 1.32. The number of nitrogens with one attached hydrogen (secondary N) is 1. The molecular formula is C19H26N2OS2. The summed E-state index contributed by atoms with van der Waals surface area (Å²) in [7, 11) is 0. The van der Waals surface area contributed by atoms with E-state index in [1.807, 2.05) is 11.3 Å². The second kappa shape index (κ2) is 7.63. The van der Waals surface area contributed by atoms with Crippen LogP contribution in [0.5, 0.6) is 0 Å². The monoisotopic (exact) mass is 362 g/mol. The molecule has 1 aromatic heterocycles. The Hall–Kier alpha value is -0.780. The summed E-state index contributed by atoms with van der Waals surface area (Å²) in [4.78, 5) is 18.8. The van der Waals surface area contributed by atoms with Crippen molar-refractivity contribution in [2.75, 3.05) is 26.2 Å². The van der Waals surface area contributed by atoms with Crippen LogP contribution in [0.2, 0.25) is 0 Å². The zero-order valence-electron chi connectivity index (χ0n) is 14.2. The molecule has 2 aliphatic heterocycles. The van der Waals surface area contributed by atoms with Gasteiger partial charge < -0.3 is 10.2 Å². The van der Waals surface area contributed by atoms with Crippen LogP contribution in [0.25, 0.3) is 6.08 Å². The zero-order valence-corrected chi connectivity index (χ0v) is 15.9. The van der Waals surface area contributed by atoms with Crippen LogP contribution in [-0.4, -0.2) is 37.0 Å². The highest BCUT2D eigenvalue weighted by atomic mass is 32.2. The van der Waals surface area contributed by atoms with Crippen molar-refractivity contribution in [1.29, 1.82) is 0 Å². The lowest BCUT2D eigenvalue weighted by atomic mass is 9.95. The van der Waals surface area contributed by atoms with Crippen LogP contribution in [0.4, 0.5) is 0 Å². The number of thioether (sulfide) groups is 1. The molecule has 3 heterocycles. The highest BCUT2D eigenvalue weighted by molar-refractivity contribution is 8.03. The third-order valence-corrected chi connectivity index (χ3v) is 7.63. The van der Waals surface area contributed by atoms with Gasteiger partial charge in [0.25, 0.3) is 5.91 Å². The van der Waals surface area contributed by atoms with Gasteiger partial charge in [0.1, 0.15) is 0 Å². The largest absolute Gasteiger partial charge is 0.352 e. The van der Waals surface area contributed by atoms with Gasteiger partial charge in [-0.3, -0.25) is 4.79 Å². The van der Waals surface area contributed by atoms with Crippen LogP contribution >= 0.6 is 23.1 Å². The number of thiophene rings is 1. The van der Waals surface area contributed by atoms with Crippen LogP contribution in [-0.2, 0) is 23.4 Å². The average molecular weight is 363 g/mol. The first-order valence-corrected chi connectivity index (χ1v) is 11.1. The number of rotatable bonds is 5. The fraction of sp³-hybridized carbons (Fsp3) is 0.632. The molecule has 0 bridgehead atoms. The van der Waals surface area contributed by atoms with Crippen molar-refractivity contribution >= 4 is 35.1 Å². The lowest BCUT2D eigenvalue weighted by molar-refractivity contribution is -0.116. The summed E-state index contributed by atoms with van der Waals surface area (Å²) < 4.78 is 0. The molecule has 0 radical (unpaired) electrons. The second-order valence-electron chi connectivity index (χ2n) is 7.01. The lowest BCUT2D eigenvalue weighted by Gasteiger charge is -2.17. The number of nitrogens with zero attached hydrogens (tertiary/aromatic N) is 1. The summed E-state index contributed by atoms with van der Waals surface area (Å²) in [5.41, 5.74) is 3.13. The van der Waals surface area contributed by atoms with Crippen LogP contribution in [0.15, 0.2) is 4.91 Å². The van der Waals surface area contributed by atoms with Crippen molar-refractivity contribution in [3.8, 4) is 0 Å².